The molecule has 10 N–H and O–H groups in total. The molecular formula is C44H53N7O26P3+. The second-order valence-electron chi connectivity index (χ2n) is 16.2. The fraction of sp³-hybridized carbons (Fsp3) is 0.341. The molecular weight excluding hydrogens is 1140 g/mol. The molecule has 0 bridgehead atoms. The molecule has 2 amide bonds. The van der Waals surface area contributed by atoms with Gasteiger partial charge in [-0.2, -0.15) is 4.89 Å². The largest absolute Gasteiger partial charge is 0.505 e. The first kappa shape index (κ1) is 67.9. The van der Waals surface area contributed by atoms with Gasteiger partial charge in [-0.05, 0) is 40.7 Å². The van der Waals surface area contributed by atoms with E-state index in [0.29, 0.717) is 17.7 Å². The number of aliphatic carboxylic acids is 1. The SMILES string of the molecule is COC(=O)[C@H](CCP(=O)(O)C(O)c1ccc([N+](=O)[O-])cc1[N+](=O)[O-])NC(=O)OCc1ccccc1.COC(=O)[C@H](CC[P+](=O)O)NC(=O)OCc1ccccc1.N[C@@H](CCP(=O)(O)C(O)c1ccc([N+](=O)[O-])cc1[N+](=O)[O-])C(=O)O. The fourth-order valence-corrected chi connectivity index (χ4v) is 9.87. The minimum atomic E-state index is -4.64. The van der Waals surface area contributed by atoms with E-state index < -0.39 is 161 Å². The minimum Gasteiger partial charge on any atom is -0.480 e. The Morgan fingerprint density at radius 2 is 0.975 bits per heavy atom. The number of carboxylic acids is 1. The summed E-state index contributed by atoms with van der Waals surface area (Å²) in [5.41, 5.74) is 2.38. The molecule has 0 aromatic heterocycles. The van der Waals surface area contributed by atoms with Crippen LogP contribution in [-0.4, -0.2) is 131 Å². The standard InChI is InChI=1S/C20H22N3O11P.C13H16NO6P.C11H14N3O9P/c1-33-18(24)16(21-20(26)34-12-13-5-3-2-4-6-13)9-10-35(31,32)19(25)15-8-7-14(22(27)28)11-17(15)23(29)30;1-19-12(15)11(7-8-21(17)18)14-13(16)20-9-10-5-3-2-4-6-10;12-8(10(15)16)3-4-24(22,23)11(17)7-2-1-6(13(18)19)5-9(7)14(20)21/h2-8,11,16,19,25H,9-10,12H2,1H3,(H,21,26)(H,31,32);2-6,11H,7-9H2,1H3,(H-,14,16,17,18);1-2,5,8,11,17H,3-4,12H2,(H,15,16)(H,22,23)/p+1/t16-,19?;11-;8-,11?/m000/s1. The second-order valence-corrected chi connectivity index (χ2v) is 22.2. The maximum atomic E-state index is 12.8. The van der Waals surface area contributed by atoms with Gasteiger partial charge < -0.3 is 60.4 Å². The van der Waals surface area contributed by atoms with Gasteiger partial charge in [0.1, 0.15) is 31.3 Å². The number of benzene rings is 4. The van der Waals surface area contributed by atoms with E-state index in [-0.39, 0.29) is 25.8 Å². The maximum Gasteiger partial charge on any atom is 0.505 e. The molecule has 4 rings (SSSR count). The highest BCUT2D eigenvalue weighted by Gasteiger charge is 2.39. The van der Waals surface area contributed by atoms with Crippen LogP contribution in [-0.2, 0) is 60.2 Å². The number of nitro benzene ring substituents is 4. The molecule has 4 aromatic carbocycles. The Morgan fingerprint density at radius 1 is 0.613 bits per heavy atom. The quantitative estimate of drug-likeness (QED) is 0.0134. The van der Waals surface area contributed by atoms with Crippen LogP contribution in [0.4, 0.5) is 32.3 Å². The van der Waals surface area contributed by atoms with Crippen LogP contribution in [0.25, 0.3) is 0 Å². The van der Waals surface area contributed by atoms with Gasteiger partial charge in [0.15, 0.2) is 17.9 Å². The molecule has 434 valence electrons. The lowest BCUT2D eigenvalue weighted by atomic mass is 10.1. The van der Waals surface area contributed by atoms with Crippen LogP contribution < -0.4 is 16.4 Å². The Hall–Kier alpha value is -8.25. The number of non-ortho nitro benzene ring substituents is 2. The summed E-state index contributed by atoms with van der Waals surface area (Å²) in [6.45, 7) is -0.0452. The third kappa shape index (κ3) is 22.6. The van der Waals surface area contributed by atoms with Gasteiger partial charge in [0, 0.05) is 30.9 Å². The molecule has 0 aliphatic carbocycles. The lowest BCUT2D eigenvalue weighted by molar-refractivity contribution is -0.395. The van der Waals surface area contributed by atoms with Crippen molar-refractivity contribution in [3.63, 3.8) is 0 Å². The summed E-state index contributed by atoms with van der Waals surface area (Å²) in [7, 11) is -9.29. The van der Waals surface area contributed by atoms with Gasteiger partial charge in [-0.15, -0.1) is 0 Å². The second kappa shape index (κ2) is 32.6. The number of nitrogens with zero attached hydrogens (tertiary/aromatic N) is 4. The monoisotopic (exact) mass is 1190 g/mol. The van der Waals surface area contributed by atoms with Gasteiger partial charge in [0.05, 0.1) is 57.2 Å². The van der Waals surface area contributed by atoms with Crippen molar-refractivity contribution in [2.24, 2.45) is 5.73 Å². The lowest BCUT2D eigenvalue weighted by Gasteiger charge is -2.21. The number of alkyl carbamates (subject to hydrolysis) is 2. The molecule has 0 heterocycles. The Kier molecular flexibility index (Phi) is 27.7. The van der Waals surface area contributed by atoms with Crippen LogP contribution in [0.5, 0.6) is 0 Å². The molecule has 4 aromatic rings. The van der Waals surface area contributed by atoms with E-state index in [9.17, 15) is 98.1 Å². The molecule has 0 radical (unpaired) electrons. The number of hydrogen-bond donors (Lipinski definition) is 9. The van der Waals surface area contributed by atoms with Gasteiger partial charge >= 0.3 is 38.1 Å². The molecule has 0 spiro atoms. The highest BCUT2D eigenvalue weighted by atomic mass is 31.2. The van der Waals surface area contributed by atoms with E-state index in [1.54, 1.807) is 42.5 Å². The Balaban J connectivity index is 0.000000428. The smallest absolute Gasteiger partial charge is 0.480 e. The highest BCUT2D eigenvalue weighted by Crippen LogP contribution is 2.57. The predicted octanol–water partition coefficient (Wildman–Crippen LogP) is 4.77. The number of rotatable bonds is 26. The van der Waals surface area contributed by atoms with E-state index in [4.69, 9.17) is 25.2 Å². The van der Waals surface area contributed by atoms with Crippen LogP contribution in [0, 0.1) is 40.5 Å². The van der Waals surface area contributed by atoms with E-state index in [1.807, 2.05) is 18.2 Å². The first-order valence-electron chi connectivity index (χ1n) is 22.5. The molecule has 0 saturated heterocycles. The Bertz CT molecular complexity index is 2960. The zero-order chi connectivity index (χ0) is 60.5. The van der Waals surface area contributed by atoms with Gasteiger partial charge in [-0.25, -0.2) is 19.2 Å². The van der Waals surface area contributed by atoms with Gasteiger partial charge in [0.2, 0.25) is 14.7 Å². The number of nitrogens with one attached hydrogen (secondary N) is 2. The normalized spacial score (nSPS) is 14.2. The third-order valence-electron chi connectivity index (χ3n) is 10.6. The molecule has 33 nitrogen and oxygen atoms in total. The minimum absolute atomic E-state index is 0.00118. The number of nitro groups is 4. The van der Waals surface area contributed by atoms with Crippen molar-refractivity contribution in [1.29, 1.82) is 0 Å². The molecule has 8 atom stereocenters. The molecule has 0 fully saturated rings. The van der Waals surface area contributed by atoms with Crippen LogP contribution in [0.15, 0.2) is 97.1 Å². The first-order chi connectivity index (χ1) is 37.4. The number of methoxy groups -OCH3 is 2. The van der Waals surface area contributed by atoms with E-state index >= 15 is 0 Å². The van der Waals surface area contributed by atoms with Crippen molar-refractivity contribution in [1.82, 2.24) is 10.6 Å². The number of carboxylic acid groups (broad SMARTS) is 1. The Morgan fingerprint density at radius 3 is 1.30 bits per heavy atom. The summed E-state index contributed by atoms with van der Waals surface area (Å²) in [6.07, 6.45) is -4.31. The average Bonchev–Trinajstić information content (AvgIpc) is 3.43. The maximum absolute atomic E-state index is 12.8. The van der Waals surface area contributed by atoms with E-state index in [2.05, 4.69) is 20.1 Å². The number of amides is 2. The molecule has 5 unspecified atom stereocenters. The number of nitrogens with two attached hydrogens (primary N) is 1. The van der Waals surface area contributed by atoms with Gasteiger partial charge in [0.25, 0.3) is 22.7 Å². The number of ether oxygens (including phenoxy) is 4. The fourth-order valence-electron chi connectivity index (χ4n) is 6.32. The topological polar surface area (TPSA) is 517 Å². The third-order valence-corrected chi connectivity index (χ3v) is 15.1. The number of hydrogen-bond acceptors (Lipinski definition) is 23. The predicted molar refractivity (Wildman–Crippen MR) is 274 cm³/mol. The number of carbonyl (C=O) groups is 5. The number of carbonyl (C=O) groups excluding carboxylic acids is 4. The number of aliphatic hydroxyl groups is 2. The zero-order valence-electron chi connectivity index (χ0n) is 41.8. The van der Waals surface area contributed by atoms with Crippen molar-refractivity contribution < 1.29 is 106 Å². The first-order valence-corrected chi connectivity index (χ1v) is 27.7. The van der Waals surface area contributed by atoms with Crippen molar-refractivity contribution in [3.8, 4) is 0 Å². The molecule has 36 heteroatoms. The summed E-state index contributed by atoms with van der Waals surface area (Å²) < 4.78 is 54.6. The lowest BCUT2D eigenvalue weighted by Crippen LogP contribution is -2.42. The summed E-state index contributed by atoms with van der Waals surface area (Å²) in [5, 5.41) is 77.3. The summed E-state index contributed by atoms with van der Waals surface area (Å²) >= 11 is 0. The summed E-state index contributed by atoms with van der Waals surface area (Å²) in [4.78, 5) is 127. The molecule has 0 aliphatic rings. The number of aliphatic hydroxyl groups excluding tert-OH is 2. The van der Waals surface area contributed by atoms with Crippen molar-refractivity contribution >= 4 is 75.6 Å². The molecule has 80 heavy (non-hydrogen) atoms. The van der Waals surface area contributed by atoms with Crippen molar-refractivity contribution in [2.75, 3.05) is 32.7 Å². The highest BCUT2D eigenvalue weighted by molar-refractivity contribution is 7.58. The number of esters is 2. The molecule has 0 aliphatic heterocycles. The van der Waals surface area contributed by atoms with Crippen molar-refractivity contribution in [2.45, 2.75) is 62.3 Å². The van der Waals surface area contributed by atoms with E-state index in [0.717, 1.165) is 36.9 Å². The van der Waals surface area contributed by atoms with Crippen LogP contribution in [0.1, 0.15) is 53.2 Å². The van der Waals surface area contributed by atoms with Crippen molar-refractivity contribution in [3.05, 3.63) is 160 Å². The Labute approximate surface area is 452 Å². The molecule has 0 saturated carbocycles. The summed E-state index contributed by atoms with van der Waals surface area (Å²) in [5.74, 6) is -7.56. The zero-order valence-corrected chi connectivity index (χ0v) is 44.5. The van der Waals surface area contributed by atoms with Gasteiger partial charge in [-0.1, -0.05) is 60.7 Å². The van der Waals surface area contributed by atoms with Gasteiger partial charge in [-0.3, -0.25) is 54.4 Å². The van der Waals surface area contributed by atoms with Crippen LogP contribution in [0.3, 0.4) is 0 Å². The average molecular weight is 1190 g/mol. The van der Waals surface area contributed by atoms with Crippen LogP contribution >= 0.6 is 22.8 Å². The van der Waals surface area contributed by atoms with Crippen LogP contribution in [0.2, 0.25) is 0 Å². The summed E-state index contributed by atoms with van der Waals surface area (Å²) in [6, 6.07) is 18.2. The van der Waals surface area contributed by atoms with E-state index in [1.165, 1.54) is 7.11 Å².